The van der Waals surface area contributed by atoms with Gasteiger partial charge >= 0.3 is 0 Å². The van der Waals surface area contributed by atoms with E-state index >= 15 is 0 Å². The molecule has 0 radical (unpaired) electrons. The molecule has 28 heavy (non-hydrogen) atoms. The fraction of sp³-hybridized carbons (Fsp3) is 0.680. The van der Waals surface area contributed by atoms with Gasteiger partial charge in [-0.25, -0.2) is 0 Å². The van der Waals surface area contributed by atoms with Gasteiger partial charge in [0.2, 0.25) is 5.91 Å². The average molecular weight is 379 g/mol. The highest BCUT2D eigenvalue weighted by atomic mass is 16.1. The standard InChI is InChI=1S/C25H34N2O/c1-24-13-11-21-19(8-10-22-25(21,2)14-12-23(28)27-22)20(24)9-7-18(24)6-5-17-4-3-15-26-16-17/h3-6,15-16,18-22H,7-14H2,1-2H3,(H,27,28)/b6-5-/t18-,19-,20-,21-,22+,24+,25+/m0/s1. The monoisotopic (exact) mass is 378 g/mol. The molecule has 3 aliphatic carbocycles. The minimum absolute atomic E-state index is 0.281. The molecular weight excluding hydrogens is 344 g/mol. The van der Waals surface area contributed by atoms with Crippen LogP contribution in [0, 0.1) is 34.5 Å². The molecule has 0 spiro atoms. The molecule has 2 heterocycles. The van der Waals surface area contributed by atoms with Crippen LogP contribution in [-0.4, -0.2) is 16.9 Å². The highest BCUT2D eigenvalue weighted by Gasteiger charge is 2.59. The third kappa shape index (κ3) is 2.76. The van der Waals surface area contributed by atoms with Crippen molar-refractivity contribution in [2.75, 3.05) is 0 Å². The molecule has 4 fully saturated rings. The van der Waals surface area contributed by atoms with Crippen molar-refractivity contribution in [2.24, 2.45) is 34.5 Å². The summed E-state index contributed by atoms with van der Waals surface area (Å²) in [6.45, 7) is 5.07. The first-order valence-electron chi connectivity index (χ1n) is 11.4. The zero-order valence-electron chi connectivity index (χ0n) is 17.4. The second-order valence-corrected chi connectivity index (χ2v) is 10.5. The first-order chi connectivity index (χ1) is 13.5. The third-order valence-corrected chi connectivity index (χ3v) is 9.37. The minimum Gasteiger partial charge on any atom is -0.353 e. The van der Waals surface area contributed by atoms with E-state index in [1.165, 1.54) is 44.1 Å². The summed E-state index contributed by atoms with van der Waals surface area (Å²) in [4.78, 5) is 16.2. The van der Waals surface area contributed by atoms with Crippen molar-refractivity contribution in [3.8, 4) is 0 Å². The molecule has 3 nitrogen and oxygen atoms in total. The van der Waals surface area contributed by atoms with Gasteiger partial charge in [-0.2, -0.15) is 0 Å². The summed E-state index contributed by atoms with van der Waals surface area (Å²) in [5.41, 5.74) is 1.98. The Bertz CT molecular complexity index is 774. The van der Waals surface area contributed by atoms with Gasteiger partial charge in [-0.05, 0) is 91.1 Å². The van der Waals surface area contributed by atoms with Crippen molar-refractivity contribution in [2.45, 2.75) is 71.3 Å². The maximum Gasteiger partial charge on any atom is 0.220 e. The van der Waals surface area contributed by atoms with E-state index in [0.29, 0.717) is 22.8 Å². The predicted molar refractivity (Wildman–Crippen MR) is 112 cm³/mol. The van der Waals surface area contributed by atoms with Crippen LogP contribution in [0.1, 0.15) is 70.8 Å². The van der Waals surface area contributed by atoms with Gasteiger partial charge in [-0.15, -0.1) is 0 Å². The Morgan fingerprint density at radius 3 is 2.75 bits per heavy atom. The molecule has 3 saturated carbocycles. The Labute approximate surface area is 169 Å². The van der Waals surface area contributed by atoms with E-state index in [4.69, 9.17) is 0 Å². The van der Waals surface area contributed by atoms with Crippen LogP contribution in [0.4, 0.5) is 0 Å². The lowest BCUT2D eigenvalue weighted by Gasteiger charge is -2.60. The Hall–Kier alpha value is -1.64. The number of aromatic nitrogens is 1. The fourth-order valence-corrected chi connectivity index (χ4v) is 7.76. The highest BCUT2D eigenvalue weighted by Crippen LogP contribution is 2.65. The number of fused-ring (bicyclic) bond motifs is 5. The quantitative estimate of drug-likeness (QED) is 0.765. The number of allylic oxidation sites excluding steroid dienone is 1. The van der Waals surface area contributed by atoms with Crippen LogP contribution in [0.15, 0.2) is 30.6 Å². The Morgan fingerprint density at radius 1 is 1.07 bits per heavy atom. The summed E-state index contributed by atoms with van der Waals surface area (Å²) < 4.78 is 0. The van der Waals surface area contributed by atoms with Crippen LogP contribution in [0.2, 0.25) is 0 Å². The van der Waals surface area contributed by atoms with Crippen molar-refractivity contribution in [1.29, 1.82) is 0 Å². The van der Waals surface area contributed by atoms with Crippen LogP contribution in [0.5, 0.6) is 0 Å². The molecule has 0 bridgehead atoms. The normalized spacial score (nSPS) is 45.2. The number of nitrogens with one attached hydrogen (secondary N) is 1. The van der Waals surface area contributed by atoms with Gasteiger partial charge in [0.15, 0.2) is 0 Å². The van der Waals surface area contributed by atoms with E-state index < -0.39 is 0 Å². The molecule has 1 aromatic rings. The summed E-state index contributed by atoms with van der Waals surface area (Å²) in [6, 6.07) is 4.59. The fourth-order valence-electron chi connectivity index (χ4n) is 7.76. The second-order valence-electron chi connectivity index (χ2n) is 10.5. The van der Waals surface area contributed by atoms with Crippen LogP contribution < -0.4 is 5.32 Å². The van der Waals surface area contributed by atoms with Gasteiger partial charge in [-0.1, -0.05) is 32.1 Å². The van der Waals surface area contributed by atoms with E-state index in [9.17, 15) is 4.79 Å². The molecule has 1 aromatic heterocycles. The van der Waals surface area contributed by atoms with E-state index in [1.54, 1.807) is 0 Å². The largest absolute Gasteiger partial charge is 0.353 e. The van der Waals surface area contributed by atoms with Crippen LogP contribution in [0.25, 0.3) is 6.08 Å². The zero-order valence-corrected chi connectivity index (χ0v) is 17.4. The Balaban J connectivity index is 1.37. The second kappa shape index (κ2) is 6.71. The highest BCUT2D eigenvalue weighted by molar-refractivity contribution is 5.77. The summed E-state index contributed by atoms with van der Waals surface area (Å²) >= 11 is 0. The number of carbonyl (C=O) groups is 1. The van der Waals surface area contributed by atoms with Crippen LogP contribution in [0.3, 0.4) is 0 Å². The molecule has 1 aliphatic heterocycles. The minimum atomic E-state index is 0.281. The molecule has 0 aromatic carbocycles. The van der Waals surface area contributed by atoms with Crippen molar-refractivity contribution in [1.82, 2.24) is 10.3 Å². The van der Waals surface area contributed by atoms with Gasteiger partial charge < -0.3 is 5.32 Å². The van der Waals surface area contributed by atoms with Gasteiger partial charge in [0.25, 0.3) is 0 Å². The molecule has 3 heteroatoms. The number of carbonyl (C=O) groups excluding carboxylic acids is 1. The lowest BCUT2D eigenvalue weighted by molar-refractivity contribution is -0.136. The maximum absolute atomic E-state index is 12.0. The number of hydrogen-bond donors (Lipinski definition) is 1. The molecule has 4 aliphatic rings. The van der Waals surface area contributed by atoms with Crippen molar-refractivity contribution < 1.29 is 4.79 Å². The topological polar surface area (TPSA) is 42.0 Å². The molecule has 1 saturated heterocycles. The molecule has 1 amide bonds. The summed E-state index contributed by atoms with van der Waals surface area (Å²) in [5, 5.41) is 3.35. The predicted octanol–water partition coefficient (Wildman–Crippen LogP) is 5.23. The first-order valence-corrected chi connectivity index (χ1v) is 11.4. The number of pyridine rings is 1. The Morgan fingerprint density at radius 2 is 1.93 bits per heavy atom. The van der Waals surface area contributed by atoms with E-state index in [0.717, 1.165) is 30.6 Å². The van der Waals surface area contributed by atoms with Crippen LogP contribution >= 0.6 is 0 Å². The molecule has 5 rings (SSSR count). The zero-order chi connectivity index (χ0) is 19.4. The first kappa shape index (κ1) is 18.4. The average Bonchev–Trinajstić information content (AvgIpc) is 3.04. The number of amides is 1. The van der Waals surface area contributed by atoms with Gasteiger partial charge in [0.05, 0.1) is 0 Å². The van der Waals surface area contributed by atoms with E-state index in [2.05, 4.69) is 42.4 Å². The molecule has 7 atom stereocenters. The summed E-state index contributed by atoms with van der Waals surface area (Å²) in [7, 11) is 0. The lowest BCUT2D eigenvalue weighted by atomic mass is 9.47. The van der Waals surface area contributed by atoms with Crippen molar-refractivity contribution >= 4 is 12.0 Å². The van der Waals surface area contributed by atoms with Crippen LogP contribution in [-0.2, 0) is 4.79 Å². The number of nitrogens with zero attached hydrogens (tertiary/aromatic N) is 1. The molecule has 150 valence electrons. The number of rotatable bonds is 2. The maximum atomic E-state index is 12.0. The Kier molecular flexibility index (Phi) is 4.41. The van der Waals surface area contributed by atoms with E-state index in [-0.39, 0.29) is 5.91 Å². The van der Waals surface area contributed by atoms with E-state index in [1.807, 2.05) is 18.5 Å². The van der Waals surface area contributed by atoms with Gasteiger partial charge in [0.1, 0.15) is 0 Å². The number of hydrogen-bond acceptors (Lipinski definition) is 2. The van der Waals surface area contributed by atoms with Gasteiger partial charge in [-0.3, -0.25) is 9.78 Å². The SMILES string of the molecule is C[C@]12CCC(=O)N[C@@H]1CC[C@@H]1[C@@H]2CC[C@]2(C)[C@@H](/C=C\c3cccnc3)CC[C@@H]12. The van der Waals surface area contributed by atoms with Crippen molar-refractivity contribution in [3.05, 3.63) is 36.2 Å². The molecule has 1 N–H and O–H groups in total. The summed E-state index contributed by atoms with van der Waals surface area (Å²) in [5.74, 6) is 3.47. The smallest absolute Gasteiger partial charge is 0.220 e. The summed E-state index contributed by atoms with van der Waals surface area (Å²) in [6.07, 6.45) is 18.3. The van der Waals surface area contributed by atoms with Crippen molar-refractivity contribution in [3.63, 3.8) is 0 Å². The lowest BCUT2D eigenvalue weighted by Crippen LogP contribution is -2.61. The van der Waals surface area contributed by atoms with Gasteiger partial charge in [0, 0.05) is 24.9 Å². The number of piperidine rings is 1. The molecule has 0 unspecified atom stereocenters. The molecular formula is C25H34N2O. The third-order valence-electron chi connectivity index (χ3n) is 9.37.